The summed E-state index contributed by atoms with van der Waals surface area (Å²) >= 11 is 0. The number of carbonyl (C=O) groups excluding carboxylic acids is 1. The largest absolute Gasteiger partial charge is 0.481 e. The molecule has 4 nitrogen and oxygen atoms in total. The molecule has 12 heavy (non-hydrogen) atoms. The Morgan fingerprint density at radius 1 is 1.42 bits per heavy atom. The summed E-state index contributed by atoms with van der Waals surface area (Å²) in [4.78, 5) is 20.7. The van der Waals surface area contributed by atoms with Gasteiger partial charge in [0.25, 0.3) is 0 Å². The summed E-state index contributed by atoms with van der Waals surface area (Å²) in [5.74, 6) is -1.57. The molecule has 68 valence electrons. The highest BCUT2D eigenvalue weighted by Crippen LogP contribution is 1.86. The van der Waals surface area contributed by atoms with Crippen LogP contribution in [0.1, 0.15) is 20.3 Å². The maximum atomic E-state index is 10.7. The number of amides is 1. The van der Waals surface area contributed by atoms with E-state index in [1.807, 2.05) is 19.9 Å². The third-order valence-electron chi connectivity index (χ3n) is 1.12. The van der Waals surface area contributed by atoms with Crippen LogP contribution in [0.2, 0.25) is 0 Å². The topological polar surface area (TPSA) is 66.4 Å². The normalized spacial score (nSPS) is 8.83. The zero-order valence-corrected chi connectivity index (χ0v) is 7.26. The summed E-state index contributed by atoms with van der Waals surface area (Å²) in [5, 5.41) is 10.7. The van der Waals surface area contributed by atoms with Crippen LogP contribution in [0.4, 0.5) is 0 Å². The highest BCUT2D eigenvalue weighted by Gasteiger charge is 2.04. The van der Waals surface area contributed by atoms with Gasteiger partial charge in [-0.1, -0.05) is 11.6 Å². The van der Waals surface area contributed by atoms with E-state index in [1.54, 1.807) is 0 Å². The van der Waals surface area contributed by atoms with Gasteiger partial charge in [0.05, 0.1) is 0 Å². The van der Waals surface area contributed by atoms with E-state index in [1.165, 1.54) is 0 Å². The van der Waals surface area contributed by atoms with Crippen LogP contribution in [0.15, 0.2) is 11.6 Å². The predicted molar refractivity (Wildman–Crippen MR) is 44.7 cm³/mol. The molecule has 0 saturated heterocycles. The van der Waals surface area contributed by atoms with Crippen LogP contribution >= 0.6 is 0 Å². The van der Waals surface area contributed by atoms with Crippen molar-refractivity contribution in [3.63, 3.8) is 0 Å². The second-order valence-electron chi connectivity index (χ2n) is 2.66. The fourth-order valence-electron chi connectivity index (χ4n) is 0.569. The first-order valence-electron chi connectivity index (χ1n) is 3.64. The SMILES string of the molecule is CC(C)=CCNC(=O)CC(=O)O. The Kier molecular flexibility index (Phi) is 4.76. The fraction of sp³-hybridized carbons (Fsp3) is 0.500. The number of carboxylic acids is 1. The lowest BCUT2D eigenvalue weighted by atomic mass is 10.3. The summed E-state index contributed by atoms with van der Waals surface area (Å²) in [5.41, 5.74) is 1.09. The molecule has 0 aliphatic heterocycles. The number of aliphatic carboxylic acids is 1. The minimum Gasteiger partial charge on any atom is -0.481 e. The third-order valence-corrected chi connectivity index (χ3v) is 1.12. The van der Waals surface area contributed by atoms with Crippen molar-refractivity contribution in [1.82, 2.24) is 5.32 Å². The van der Waals surface area contributed by atoms with Crippen molar-refractivity contribution in [3.8, 4) is 0 Å². The molecular weight excluding hydrogens is 158 g/mol. The van der Waals surface area contributed by atoms with Crippen LogP contribution < -0.4 is 5.32 Å². The number of hydrogen-bond acceptors (Lipinski definition) is 2. The van der Waals surface area contributed by atoms with Crippen LogP contribution in [-0.4, -0.2) is 23.5 Å². The van der Waals surface area contributed by atoms with Gasteiger partial charge in [-0.3, -0.25) is 9.59 Å². The van der Waals surface area contributed by atoms with Crippen LogP contribution in [0.25, 0.3) is 0 Å². The smallest absolute Gasteiger partial charge is 0.312 e. The van der Waals surface area contributed by atoms with Gasteiger partial charge in [0.15, 0.2) is 0 Å². The molecule has 0 aromatic carbocycles. The van der Waals surface area contributed by atoms with Crippen LogP contribution in [0, 0.1) is 0 Å². The number of allylic oxidation sites excluding steroid dienone is 1. The summed E-state index contributed by atoms with van der Waals surface area (Å²) < 4.78 is 0. The Morgan fingerprint density at radius 2 is 2.00 bits per heavy atom. The zero-order valence-electron chi connectivity index (χ0n) is 7.26. The molecule has 0 atom stereocenters. The van der Waals surface area contributed by atoms with Crippen molar-refractivity contribution in [2.45, 2.75) is 20.3 Å². The molecule has 4 heteroatoms. The Labute approximate surface area is 71.3 Å². The first kappa shape index (κ1) is 10.7. The molecule has 0 fully saturated rings. The fourth-order valence-corrected chi connectivity index (χ4v) is 0.569. The average Bonchev–Trinajstić information content (AvgIpc) is 1.84. The minimum absolute atomic E-state index is 0.397. The molecule has 0 unspecified atom stereocenters. The first-order valence-corrected chi connectivity index (χ1v) is 3.64. The number of carboxylic acid groups (broad SMARTS) is 1. The van der Waals surface area contributed by atoms with Gasteiger partial charge in [-0.05, 0) is 13.8 Å². The quantitative estimate of drug-likeness (QED) is 0.479. The molecule has 0 heterocycles. The van der Waals surface area contributed by atoms with Gasteiger partial charge in [0.2, 0.25) is 5.91 Å². The van der Waals surface area contributed by atoms with Gasteiger partial charge in [-0.25, -0.2) is 0 Å². The Morgan fingerprint density at radius 3 is 2.42 bits per heavy atom. The molecule has 0 saturated carbocycles. The van der Waals surface area contributed by atoms with Crippen molar-refractivity contribution in [1.29, 1.82) is 0 Å². The first-order chi connectivity index (χ1) is 5.52. The van der Waals surface area contributed by atoms with Gasteiger partial charge in [-0.2, -0.15) is 0 Å². The molecule has 0 bridgehead atoms. The van der Waals surface area contributed by atoms with E-state index in [9.17, 15) is 9.59 Å². The van der Waals surface area contributed by atoms with Crippen molar-refractivity contribution in [2.75, 3.05) is 6.54 Å². The van der Waals surface area contributed by atoms with Crippen molar-refractivity contribution in [3.05, 3.63) is 11.6 Å². The Balaban J connectivity index is 3.58. The van der Waals surface area contributed by atoms with E-state index >= 15 is 0 Å². The lowest BCUT2D eigenvalue weighted by molar-refractivity contribution is -0.140. The molecule has 0 aliphatic carbocycles. The van der Waals surface area contributed by atoms with Crippen molar-refractivity contribution < 1.29 is 14.7 Å². The molecular formula is C8H13NO3. The third kappa shape index (κ3) is 6.80. The van der Waals surface area contributed by atoms with E-state index in [2.05, 4.69) is 5.32 Å². The maximum Gasteiger partial charge on any atom is 0.312 e. The molecule has 0 radical (unpaired) electrons. The van der Waals surface area contributed by atoms with Crippen molar-refractivity contribution >= 4 is 11.9 Å². The second-order valence-corrected chi connectivity index (χ2v) is 2.66. The second kappa shape index (κ2) is 5.35. The summed E-state index contributed by atoms with van der Waals surface area (Å²) in [6.45, 7) is 4.21. The van der Waals surface area contributed by atoms with Crippen LogP contribution in [0.3, 0.4) is 0 Å². The van der Waals surface area contributed by atoms with Gasteiger partial charge in [0.1, 0.15) is 6.42 Å². The predicted octanol–water partition coefficient (Wildman–Crippen LogP) is 0.544. The molecule has 0 aromatic rings. The highest BCUT2D eigenvalue weighted by atomic mass is 16.4. The van der Waals surface area contributed by atoms with Crippen LogP contribution in [0.5, 0.6) is 0 Å². The van der Waals surface area contributed by atoms with E-state index in [0.29, 0.717) is 6.54 Å². The molecule has 0 aliphatic rings. The standard InChI is InChI=1S/C8H13NO3/c1-6(2)3-4-9-7(10)5-8(11)12/h3H,4-5H2,1-2H3,(H,9,10)(H,11,12). The summed E-state index contributed by atoms with van der Waals surface area (Å²) in [6.07, 6.45) is 1.36. The van der Waals surface area contributed by atoms with E-state index in [0.717, 1.165) is 5.57 Å². The van der Waals surface area contributed by atoms with Crippen LogP contribution in [-0.2, 0) is 9.59 Å². The molecule has 1 amide bonds. The number of nitrogens with one attached hydrogen (secondary N) is 1. The molecule has 0 aromatic heterocycles. The highest BCUT2D eigenvalue weighted by molar-refractivity contribution is 5.93. The maximum absolute atomic E-state index is 10.7. The Hall–Kier alpha value is -1.32. The number of rotatable bonds is 4. The zero-order chi connectivity index (χ0) is 9.56. The monoisotopic (exact) mass is 171 g/mol. The minimum atomic E-state index is -1.11. The van der Waals surface area contributed by atoms with E-state index in [4.69, 9.17) is 5.11 Å². The molecule has 0 spiro atoms. The summed E-state index contributed by atoms with van der Waals surface area (Å²) in [6, 6.07) is 0. The van der Waals surface area contributed by atoms with Crippen molar-refractivity contribution in [2.24, 2.45) is 0 Å². The van der Waals surface area contributed by atoms with E-state index < -0.39 is 18.3 Å². The lowest BCUT2D eigenvalue weighted by Gasteiger charge is -1.98. The average molecular weight is 171 g/mol. The number of carbonyl (C=O) groups is 2. The lowest BCUT2D eigenvalue weighted by Crippen LogP contribution is -2.25. The number of hydrogen-bond donors (Lipinski definition) is 2. The Bertz CT molecular complexity index is 204. The summed E-state index contributed by atoms with van der Waals surface area (Å²) in [7, 11) is 0. The van der Waals surface area contributed by atoms with Gasteiger partial charge < -0.3 is 10.4 Å². The van der Waals surface area contributed by atoms with Gasteiger partial charge >= 0.3 is 5.97 Å². The molecule has 2 N–H and O–H groups in total. The van der Waals surface area contributed by atoms with Gasteiger partial charge in [-0.15, -0.1) is 0 Å². The molecule has 0 rings (SSSR count). The van der Waals surface area contributed by atoms with Gasteiger partial charge in [0, 0.05) is 6.54 Å². The van der Waals surface area contributed by atoms with E-state index in [-0.39, 0.29) is 0 Å².